The van der Waals surface area contributed by atoms with E-state index >= 15 is 0 Å². The van der Waals surface area contributed by atoms with Crippen molar-refractivity contribution in [3.05, 3.63) is 47.4 Å². The van der Waals surface area contributed by atoms with E-state index in [-0.39, 0.29) is 5.91 Å². The third kappa shape index (κ3) is 4.78. The summed E-state index contributed by atoms with van der Waals surface area (Å²) in [6, 6.07) is 8.26. The Balaban J connectivity index is 1.61. The zero-order valence-corrected chi connectivity index (χ0v) is 17.3. The normalized spacial score (nSPS) is 14.5. The van der Waals surface area contributed by atoms with Crippen LogP contribution in [0, 0.1) is 13.8 Å². The summed E-state index contributed by atoms with van der Waals surface area (Å²) in [5.74, 6) is 0.660. The maximum atomic E-state index is 12.3. The summed E-state index contributed by atoms with van der Waals surface area (Å²) in [7, 11) is 3.96. The van der Waals surface area contributed by atoms with Gasteiger partial charge in [0.1, 0.15) is 17.8 Å². The Labute approximate surface area is 167 Å². The van der Waals surface area contributed by atoms with Gasteiger partial charge in [-0.2, -0.15) is 0 Å². The molecule has 2 aromatic rings. The number of nitrogens with zero attached hydrogens (tertiary/aromatic N) is 5. The molecule has 7 nitrogen and oxygen atoms in total. The zero-order valence-electron chi connectivity index (χ0n) is 17.3. The van der Waals surface area contributed by atoms with E-state index in [1.54, 1.807) is 6.07 Å². The molecule has 0 aliphatic carbocycles. The van der Waals surface area contributed by atoms with Crippen LogP contribution in [0.1, 0.15) is 21.6 Å². The van der Waals surface area contributed by atoms with Gasteiger partial charge in [-0.1, -0.05) is 12.1 Å². The van der Waals surface area contributed by atoms with Gasteiger partial charge >= 0.3 is 0 Å². The van der Waals surface area contributed by atoms with Crippen LogP contribution in [0.25, 0.3) is 0 Å². The molecule has 0 atom stereocenters. The van der Waals surface area contributed by atoms with Crippen molar-refractivity contribution < 1.29 is 4.79 Å². The van der Waals surface area contributed by atoms with Crippen molar-refractivity contribution in [1.29, 1.82) is 0 Å². The van der Waals surface area contributed by atoms with Crippen LogP contribution >= 0.6 is 0 Å². The molecule has 1 aromatic carbocycles. The number of aromatic nitrogens is 2. The van der Waals surface area contributed by atoms with Crippen LogP contribution in [0.3, 0.4) is 0 Å². The Bertz CT molecular complexity index is 814. The van der Waals surface area contributed by atoms with Crippen LogP contribution in [0.5, 0.6) is 0 Å². The second-order valence-electron chi connectivity index (χ2n) is 7.51. The molecule has 0 radical (unpaired) electrons. The molecule has 0 bridgehead atoms. The van der Waals surface area contributed by atoms with E-state index < -0.39 is 0 Å². The number of carbonyl (C=O) groups excluding carboxylic acids is 1. The number of nitrogens with one attached hydrogen (secondary N) is 1. The highest BCUT2D eigenvalue weighted by Crippen LogP contribution is 2.25. The molecule has 1 amide bonds. The topological polar surface area (TPSA) is 64.6 Å². The van der Waals surface area contributed by atoms with E-state index in [1.807, 2.05) is 19.0 Å². The van der Waals surface area contributed by atoms with Crippen molar-refractivity contribution in [2.75, 3.05) is 63.2 Å². The number of hydrogen-bond acceptors (Lipinski definition) is 6. The third-order valence-corrected chi connectivity index (χ3v) is 5.25. The molecule has 1 aliphatic heterocycles. The van der Waals surface area contributed by atoms with E-state index in [0.29, 0.717) is 12.2 Å². The molecule has 1 N–H and O–H groups in total. The van der Waals surface area contributed by atoms with E-state index in [2.05, 4.69) is 57.1 Å². The lowest BCUT2D eigenvalue weighted by Crippen LogP contribution is -2.47. The molecule has 0 saturated carbocycles. The smallest absolute Gasteiger partial charge is 0.270 e. The second kappa shape index (κ2) is 9.01. The first-order valence-corrected chi connectivity index (χ1v) is 9.77. The van der Waals surface area contributed by atoms with Gasteiger partial charge in [-0.05, 0) is 45.1 Å². The fourth-order valence-corrected chi connectivity index (χ4v) is 3.38. The van der Waals surface area contributed by atoms with Crippen molar-refractivity contribution in [3.8, 4) is 0 Å². The molecule has 1 aromatic heterocycles. The van der Waals surface area contributed by atoms with Crippen molar-refractivity contribution in [2.24, 2.45) is 0 Å². The van der Waals surface area contributed by atoms with Crippen LogP contribution in [-0.2, 0) is 0 Å². The summed E-state index contributed by atoms with van der Waals surface area (Å²) in [5.41, 5.74) is 4.39. The van der Waals surface area contributed by atoms with Gasteiger partial charge in [-0.25, -0.2) is 9.97 Å². The molecule has 2 heterocycles. The Hall–Kier alpha value is -2.67. The highest BCUT2D eigenvalue weighted by molar-refractivity contribution is 5.92. The lowest BCUT2D eigenvalue weighted by atomic mass is 10.1. The first-order valence-electron chi connectivity index (χ1n) is 9.77. The third-order valence-electron chi connectivity index (χ3n) is 5.25. The standard InChI is InChI=1S/C21H30N6O/c1-16-6-5-7-19(17(16)2)26-10-12-27(13-11-26)20-14-18(23-15-24-20)21(28)22-8-9-25(3)4/h5-7,14-15H,8-13H2,1-4H3,(H,22,28). The molecule has 3 rings (SSSR count). The van der Waals surface area contributed by atoms with Gasteiger partial charge in [-0.3, -0.25) is 4.79 Å². The minimum atomic E-state index is -0.153. The molecule has 28 heavy (non-hydrogen) atoms. The van der Waals surface area contributed by atoms with Crippen molar-refractivity contribution in [3.63, 3.8) is 0 Å². The van der Waals surface area contributed by atoms with Crippen LogP contribution in [-0.4, -0.2) is 74.1 Å². The minimum Gasteiger partial charge on any atom is -0.368 e. The van der Waals surface area contributed by atoms with E-state index in [4.69, 9.17) is 0 Å². The number of aryl methyl sites for hydroxylation is 1. The molecule has 0 spiro atoms. The number of carbonyl (C=O) groups is 1. The van der Waals surface area contributed by atoms with E-state index in [0.717, 1.165) is 38.5 Å². The highest BCUT2D eigenvalue weighted by atomic mass is 16.1. The fraction of sp³-hybridized carbons (Fsp3) is 0.476. The predicted molar refractivity (Wildman–Crippen MR) is 113 cm³/mol. The summed E-state index contributed by atoms with van der Waals surface area (Å²) in [6.07, 6.45) is 1.48. The van der Waals surface area contributed by atoms with Crippen LogP contribution in [0.15, 0.2) is 30.6 Å². The number of hydrogen-bond donors (Lipinski definition) is 1. The summed E-state index contributed by atoms with van der Waals surface area (Å²) >= 11 is 0. The van der Waals surface area contributed by atoms with Gasteiger partial charge in [0, 0.05) is 51.0 Å². The van der Waals surface area contributed by atoms with Crippen LogP contribution in [0.4, 0.5) is 11.5 Å². The first-order chi connectivity index (χ1) is 13.5. The maximum Gasteiger partial charge on any atom is 0.270 e. The average Bonchev–Trinajstić information content (AvgIpc) is 2.70. The number of rotatable bonds is 6. The van der Waals surface area contributed by atoms with Crippen LogP contribution in [0.2, 0.25) is 0 Å². The number of amides is 1. The van der Waals surface area contributed by atoms with E-state index in [9.17, 15) is 4.79 Å². The molecule has 0 unspecified atom stereocenters. The number of anilines is 2. The summed E-state index contributed by atoms with van der Waals surface area (Å²) in [4.78, 5) is 27.5. The van der Waals surface area contributed by atoms with Gasteiger partial charge < -0.3 is 20.0 Å². The van der Waals surface area contributed by atoms with Gasteiger partial charge in [-0.15, -0.1) is 0 Å². The maximum absolute atomic E-state index is 12.3. The Morgan fingerprint density at radius 1 is 1.11 bits per heavy atom. The van der Waals surface area contributed by atoms with Crippen molar-refractivity contribution in [1.82, 2.24) is 20.2 Å². The molecule has 7 heteroatoms. The van der Waals surface area contributed by atoms with Crippen LogP contribution < -0.4 is 15.1 Å². The Kier molecular flexibility index (Phi) is 6.46. The number of likely N-dealkylation sites (N-methyl/N-ethyl adjacent to an activating group) is 1. The first kappa shape index (κ1) is 20.1. The largest absolute Gasteiger partial charge is 0.368 e. The lowest BCUT2D eigenvalue weighted by Gasteiger charge is -2.37. The Morgan fingerprint density at radius 3 is 2.54 bits per heavy atom. The van der Waals surface area contributed by atoms with Gasteiger partial charge in [0.2, 0.25) is 0 Å². The van der Waals surface area contributed by atoms with Gasteiger partial charge in [0.05, 0.1) is 0 Å². The summed E-state index contributed by atoms with van der Waals surface area (Å²) in [6.45, 7) is 9.32. The number of benzene rings is 1. The Morgan fingerprint density at radius 2 is 1.82 bits per heavy atom. The molecule has 1 fully saturated rings. The van der Waals surface area contributed by atoms with E-state index in [1.165, 1.54) is 23.1 Å². The van der Waals surface area contributed by atoms with Crippen molar-refractivity contribution in [2.45, 2.75) is 13.8 Å². The average molecular weight is 383 g/mol. The molecule has 1 aliphatic rings. The van der Waals surface area contributed by atoms with Gasteiger partial charge in [0.15, 0.2) is 0 Å². The van der Waals surface area contributed by atoms with Crippen molar-refractivity contribution >= 4 is 17.4 Å². The minimum absolute atomic E-state index is 0.153. The monoisotopic (exact) mass is 382 g/mol. The molecule has 1 saturated heterocycles. The van der Waals surface area contributed by atoms with Gasteiger partial charge in [0.25, 0.3) is 5.91 Å². The molecular formula is C21H30N6O. The fourth-order valence-electron chi connectivity index (χ4n) is 3.38. The zero-order chi connectivity index (χ0) is 20.1. The SMILES string of the molecule is Cc1cccc(N2CCN(c3cc(C(=O)NCCN(C)C)ncn3)CC2)c1C. The second-order valence-corrected chi connectivity index (χ2v) is 7.51. The molecule has 150 valence electrons. The molecular weight excluding hydrogens is 352 g/mol. The number of piperazine rings is 1. The predicted octanol–water partition coefficient (Wildman–Crippen LogP) is 1.71. The summed E-state index contributed by atoms with van der Waals surface area (Å²) in [5, 5.41) is 2.90. The quantitative estimate of drug-likeness (QED) is 0.821. The lowest BCUT2D eigenvalue weighted by molar-refractivity contribution is 0.0946. The summed E-state index contributed by atoms with van der Waals surface area (Å²) < 4.78 is 0. The highest BCUT2D eigenvalue weighted by Gasteiger charge is 2.21.